The van der Waals surface area contributed by atoms with Gasteiger partial charge in [0, 0.05) is 11.9 Å². The van der Waals surface area contributed by atoms with Crippen molar-refractivity contribution >= 4 is 32.2 Å². The molecule has 0 aliphatic rings. The second-order valence-corrected chi connectivity index (χ2v) is 11.5. The molecule has 10 heteroatoms. The third-order valence-corrected chi connectivity index (χ3v) is 8.31. The van der Waals surface area contributed by atoms with Crippen molar-refractivity contribution in [2.24, 2.45) is 0 Å². The van der Waals surface area contributed by atoms with Gasteiger partial charge in [-0.2, -0.15) is 4.52 Å². The Kier molecular flexibility index (Phi) is 7.88. The first kappa shape index (κ1) is 27.4. The Morgan fingerprint density at radius 1 is 0.925 bits per heavy atom. The first-order chi connectivity index (χ1) is 19.3. The highest BCUT2D eigenvalue weighted by atomic mass is 32.2. The van der Waals surface area contributed by atoms with Gasteiger partial charge in [-0.15, -0.1) is 5.10 Å². The summed E-state index contributed by atoms with van der Waals surface area (Å²) in [5.41, 5.74) is 3.01. The molecule has 5 rings (SSSR count). The molecule has 0 saturated carbocycles. The van der Waals surface area contributed by atoms with Crippen LogP contribution >= 0.6 is 0 Å². The van der Waals surface area contributed by atoms with E-state index in [1.165, 1.54) is 4.52 Å². The highest BCUT2D eigenvalue weighted by Crippen LogP contribution is 2.30. The van der Waals surface area contributed by atoms with E-state index in [4.69, 9.17) is 14.5 Å². The molecule has 9 nitrogen and oxygen atoms in total. The Hall–Kier alpha value is -4.18. The minimum atomic E-state index is -3.94. The Bertz CT molecular complexity index is 1750. The minimum Gasteiger partial charge on any atom is -0.490 e. The molecule has 0 atom stereocenters. The van der Waals surface area contributed by atoms with Gasteiger partial charge in [0.05, 0.1) is 23.6 Å². The lowest BCUT2D eigenvalue weighted by molar-refractivity contribution is 0.287. The van der Waals surface area contributed by atoms with E-state index >= 15 is 0 Å². The number of benzene rings is 3. The lowest BCUT2D eigenvalue weighted by Crippen LogP contribution is -2.10. The summed E-state index contributed by atoms with van der Waals surface area (Å²) in [7, 11) is -3.94. The summed E-state index contributed by atoms with van der Waals surface area (Å²) in [6, 6.07) is 20.4. The predicted molar refractivity (Wildman–Crippen MR) is 155 cm³/mol. The number of anilines is 1. The number of hydrogen-bond acceptors (Lipinski definition) is 8. The van der Waals surface area contributed by atoms with Gasteiger partial charge in [-0.3, -0.25) is 0 Å². The molecule has 0 bridgehead atoms. The van der Waals surface area contributed by atoms with E-state index in [1.54, 1.807) is 12.1 Å². The first-order valence-corrected chi connectivity index (χ1v) is 14.9. The molecule has 0 radical (unpaired) electrons. The topological polar surface area (TPSA) is 108 Å². The third-order valence-electron chi connectivity index (χ3n) is 6.65. The molecular weight excluding hydrogens is 526 g/mol. The van der Waals surface area contributed by atoms with Crippen molar-refractivity contribution in [3.63, 3.8) is 0 Å². The Balaban J connectivity index is 1.47. The minimum absolute atomic E-state index is 0.157. The molecule has 40 heavy (non-hydrogen) atoms. The van der Waals surface area contributed by atoms with E-state index < -0.39 is 9.84 Å². The monoisotopic (exact) mass is 559 g/mol. The number of hydrogen-bond donors (Lipinski definition) is 1. The van der Waals surface area contributed by atoms with Crippen molar-refractivity contribution in [2.75, 3.05) is 25.1 Å². The Labute approximate surface area is 234 Å². The van der Waals surface area contributed by atoms with Gasteiger partial charge in [0.15, 0.2) is 17.1 Å². The van der Waals surface area contributed by atoms with Crippen molar-refractivity contribution in [3.05, 3.63) is 77.9 Å². The molecule has 0 saturated heterocycles. The van der Waals surface area contributed by atoms with E-state index in [2.05, 4.69) is 29.5 Å². The number of fused-ring (bicyclic) bond motifs is 3. The summed E-state index contributed by atoms with van der Waals surface area (Å²) in [5, 5.41) is 12.3. The molecule has 0 aliphatic carbocycles. The van der Waals surface area contributed by atoms with Crippen LogP contribution in [-0.2, 0) is 16.3 Å². The standard InChI is InChI=1S/C30H33N5O4S/c1-5-38-26-16-11-21(19-27(26)39-6-2)17-18-31-28-24-9-7-8-10-25(24)35-29(32-28)30(33-34-35)40(36,37)23-14-12-22(13-15-23)20(3)4/h7-16,19-20H,5-6,17-18H2,1-4H3,(H,31,32). The molecule has 5 aromatic rings. The second kappa shape index (κ2) is 11.5. The fraction of sp³-hybridized carbons (Fsp3) is 0.300. The zero-order valence-corrected chi connectivity index (χ0v) is 23.9. The van der Waals surface area contributed by atoms with Crippen molar-refractivity contribution in [3.8, 4) is 11.5 Å². The van der Waals surface area contributed by atoms with Crippen LogP contribution in [0.1, 0.15) is 44.7 Å². The molecule has 0 unspecified atom stereocenters. The van der Waals surface area contributed by atoms with E-state index in [0.29, 0.717) is 49.2 Å². The molecular formula is C30H33N5O4S. The summed E-state index contributed by atoms with van der Waals surface area (Å²) in [6.45, 7) is 9.68. The maximum atomic E-state index is 13.6. The van der Waals surface area contributed by atoms with Gasteiger partial charge in [-0.1, -0.05) is 49.4 Å². The normalized spacial score (nSPS) is 11.8. The Morgan fingerprint density at radius 2 is 1.65 bits per heavy atom. The molecule has 0 spiro atoms. The van der Waals surface area contributed by atoms with Gasteiger partial charge < -0.3 is 14.8 Å². The summed E-state index contributed by atoms with van der Waals surface area (Å²) >= 11 is 0. The van der Waals surface area contributed by atoms with Crippen molar-refractivity contribution in [1.82, 2.24) is 19.8 Å². The molecule has 2 heterocycles. The van der Waals surface area contributed by atoms with Crippen molar-refractivity contribution < 1.29 is 17.9 Å². The number of nitrogens with one attached hydrogen (secondary N) is 1. The first-order valence-electron chi connectivity index (χ1n) is 13.4. The molecule has 208 valence electrons. The van der Waals surface area contributed by atoms with Crippen LogP contribution in [0.15, 0.2) is 76.7 Å². The molecule has 0 amide bonds. The molecule has 2 aromatic heterocycles. The molecule has 0 aliphatic heterocycles. The third kappa shape index (κ3) is 5.31. The zero-order valence-electron chi connectivity index (χ0n) is 23.1. The van der Waals surface area contributed by atoms with Crippen LogP contribution in [0.3, 0.4) is 0 Å². The number of sulfone groups is 1. The highest BCUT2D eigenvalue weighted by molar-refractivity contribution is 7.91. The van der Waals surface area contributed by atoms with Gasteiger partial charge in [-0.25, -0.2) is 13.4 Å². The van der Waals surface area contributed by atoms with E-state index in [9.17, 15) is 8.42 Å². The summed E-state index contributed by atoms with van der Waals surface area (Å²) in [4.78, 5) is 4.88. The Morgan fingerprint density at radius 3 is 2.38 bits per heavy atom. The maximum absolute atomic E-state index is 13.6. The molecule has 0 fully saturated rings. The van der Waals surface area contributed by atoms with Crippen LogP contribution in [0.25, 0.3) is 16.6 Å². The fourth-order valence-electron chi connectivity index (χ4n) is 4.57. The maximum Gasteiger partial charge on any atom is 0.229 e. The number of nitrogens with zero attached hydrogens (tertiary/aromatic N) is 4. The van der Waals surface area contributed by atoms with Gasteiger partial charge in [-0.05, 0) is 73.7 Å². The van der Waals surface area contributed by atoms with Crippen molar-refractivity contribution in [2.45, 2.75) is 50.0 Å². The van der Waals surface area contributed by atoms with Crippen LogP contribution in [0.5, 0.6) is 11.5 Å². The number of ether oxygens (including phenoxy) is 2. The zero-order chi connectivity index (χ0) is 28.3. The number of para-hydroxylation sites is 1. The molecule has 1 N–H and O–H groups in total. The van der Waals surface area contributed by atoms with E-state index in [-0.39, 0.29) is 15.6 Å². The van der Waals surface area contributed by atoms with E-state index in [0.717, 1.165) is 22.3 Å². The predicted octanol–water partition coefficient (Wildman–Crippen LogP) is 5.69. The second-order valence-electron chi connectivity index (χ2n) is 9.66. The van der Waals surface area contributed by atoms with Crippen LogP contribution in [0.2, 0.25) is 0 Å². The number of aromatic nitrogens is 4. The van der Waals surface area contributed by atoms with Gasteiger partial charge in [0.1, 0.15) is 5.82 Å². The lowest BCUT2D eigenvalue weighted by Gasteiger charge is -2.13. The lowest BCUT2D eigenvalue weighted by atomic mass is 10.0. The van der Waals surface area contributed by atoms with Gasteiger partial charge in [0.25, 0.3) is 0 Å². The van der Waals surface area contributed by atoms with Crippen LogP contribution in [0.4, 0.5) is 5.82 Å². The van der Waals surface area contributed by atoms with Gasteiger partial charge in [0.2, 0.25) is 14.9 Å². The average molecular weight is 560 g/mol. The largest absolute Gasteiger partial charge is 0.490 e. The summed E-state index contributed by atoms with van der Waals surface area (Å²) in [5.74, 6) is 2.29. The fourth-order valence-corrected chi connectivity index (χ4v) is 5.81. The van der Waals surface area contributed by atoms with Crippen molar-refractivity contribution in [1.29, 1.82) is 0 Å². The van der Waals surface area contributed by atoms with E-state index in [1.807, 2.05) is 68.4 Å². The SMILES string of the molecule is CCOc1ccc(CCNc2nc3c(S(=O)(=O)c4ccc(C(C)C)cc4)nnn3c3ccccc23)cc1OCC. The van der Waals surface area contributed by atoms with Crippen LogP contribution < -0.4 is 14.8 Å². The smallest absolute Gasteiger partial charge is 0.229 e. The van der Waals surface area contributed by atoms with Gasteiger partial charge >= 0.3 is 0 Å². The average Bonchev–Trinajstić information content (AvgIpc) is 3.40. The molecule has 3 aromatic carbocycles. The summed E-state index contributed by atoms with van der Waals surface area (Å²) in [6.07, 6.45) is 0.693. The van der Waals surface area contributed by atoms with Crippen LogP contribution in [0, 0.1) is 0 Å². The summed E-state index contributed by atoms with van der Waals surface area (Å²) < 4.78 is 40.1. The number of rotatable bonds is 11. The highest BCUT2D eigenvalue weighted by Gasteiger charge is 2.27. The van der Waals surface area contributed by atoms with Crippen LogP contribution in [-0.4, -0.2) is 48.0 Å². The quantitative estimate of drug-likeness (QED) is 0.220.